The average Bonchev–Trinajstić information content (AvgIpc) is 3.35. The van der Waals surface area contributed by atoms with Crippen LogP contribution in [0, 0.1) is 58.2 Å². The van der Waals surface area contributed by atoms with Gasteiger partial charge in [-0.1, -0.05) is 84.2 Å². The molecule has 0 spiro atoms. The van der Waals surface area contributed by atoms with E-state index in [-0.39, 0.29) is 22.2 Å². The van der Waals surface area contributed by atoms with E-state index in [9.17, 15) is 18.3 Å². The third-order valence-electron chi connectivity index (χ3n) is 14.0. The highest BCUT2D eigenvalue weighted by molar-refractivity contribution is 7.92. The molecule has 6 rings (SSSR count). The van der Waals surface area contributed by atoms with E-state index in [2.05, 4.69) is 34.6 Å². The van der Waals surface area contributed by atoms with Gasteiger partial charge in [0.15, 0.2) is 9.84 Å². The second-order valence-corrected chi connectivity index (χ2v) is 18.2. The van der Waals surface area contributed by atoms with Gasteiger partial charge in [0.1, 0.15) is 11.5 Å². The summed E-state index contributed by atoms with van der Waals surface area (Å²) >= 11 is 0. The zero-order valence-corrected chi connectivity index (χ0v) is 28.6. The second-order valence-electron chi connectivity index (χ2n) is 16.2. The Morgan fingerprint density at radius 1 is 0.955 bits per heavy atom. The molecule has 0 aromatic heterocycles. The van der Waals surface area contributed by atoms with Crippen LogP contribution in [0.15, 0.2) is 47.4 Å². The number of carbonyl (C=O) groups excluding carboxylic acids is 1. The van der Waals surface area contributed by atoms with Crippen molar-refractivity contribution in [3.8, 4) is 0 Å². The van der Waals surface area contributed by atoms with Crippen molar-refractivity contribution >= 4 is 26.4 Å². The van der Waals surface area contributed by atoms with Crippen molar-refractivity contribution in [3.05, 3.63) is 42.5 Å². The predicted octanol–water partition coefficient (Wildman–Crippen LogP) is 8.89. The fraction of sp³-hybridized carbons (Fsp3) is 0.718. The molecule has 0 bridgehead atoms. The molecular weight excluding hydrogens is 564 g/mol. The van der Waals surface area contributed by atoms with Gasteiger partial charge in [0.2, 0.25) is 0 Å². The Morgan fingerprint density at radius 2 is 1.66 bits per heavy atom. The summed E-state index contributed by atoms with van der Waals surface area (Å²) in [4.78, 5) is 13.1. The molecule has 242 valence electrons. The summed E-state index contributed by atoms with van der Waals surface area (Å²) in [5.41, 5.74) is 0.615. The number of hydrogen-bond acceptors (Lipinski definition) is 4. The number of ketones is 1. The smallest absolute Gasteiger partial charge is 0.185 e. The molecule has 4 nitrogen and oxygen atoms in total. The first-order valence-electron chi connectivity index (χ1n) is 17.8. The van der Waals surface area contributed by atoms with Gasteiger partial charge in [-0.2, -0.15) is 0 Å². The van der Waals surface area contributed by atoms with E-state index >= 15 is 0 Å². The van der Waals surface area contributed by atoms with Gasteiger partial charge >= 0.3 is 0 Å². The molecular formula is C39H56O4S. The number of aliphatic hydroxyl groups is 1. The molecule has 4 aliphatic rings. The van der Waals surface area contributed by atoms with E-state index in [0.717, 1.165) is 36.0 Å². The van der Waals surface area contributed by atoms with Crippen LogP contribution in [0.2, 0.25) is 0 Å². The van der Waals surface area contributed by atoms with E-state index in [1.165, 1.54) is 44.9 Å². The third-order valence-corrected chi connectivity index (χ3v) is 15.7. The summed E-state index contributed by atoms with van der Waals surface area (Å²) in [5, 5.41) is 13.9. The number of fused-ring (bicyclic) bond motifs is 6. The molecule has 0 radical (unpaired) electrons. The fourth-order valence-corrected chi connectivity index (χ4v) is 13.0. The number of carbonyl (C=O) groups is 1. The van der Waals surface area contributed by atoms with Crippen molar-refractivity contribution in [2.24, 2.45) is 58.2 Å². The average molecular weight is 621 g/mol. The molecule has 4 saturated carbocycles. The minimum absolute atomic E-state index is 0.172. The molecule has 1 N–H and O–H groups in total. The predicted molar refractivity (Wildman–Crippen MR) is 179 cm³/mol. The molecule has 0 saturated heterocycles. The Labute approximate surface area is 266 Å². The molecule has 0 heterocycles. The highest BCUT2D eigenvalue weighted by atomic mass is 32.2. The molecule has 0 aliphatic heterocycles. The molecule has 4 aliphatic carbocycles. The Kier molecular flexibility index (Phi) is 8.89. The quantitative estimate of drug-likeness (QED) is 0.304. The van der Waals surface area contributed by atoms with Gasteiger partial charge in [0.25, 0.3) is 0 Å². The van der Waals surface area contributed by atoms with Crippen LogP contribution in [0.1, 0.15) is 105 Å². The van der Waals surface area contributed by atoms with E-state index in [1.54, 1.807) is 12.1 Å². The normalized spacial score (nSPS) is 39.3. The van der Waals surface area contributed by atoms with Crippen molar-refractivity contribution in [3.63, 3.8) is 0 Å². The first-order valence-corrected chi connectivity index (χ1v) is 19.5. The number of aliphatic hydroxyl groups excluding tert-OH is 1. The van der Waals surface area contributed by atoms with Gasteiger partial charge < -0.3 is 5.11 Å². The van der Waals surface area contributed by atoms with Gasteiger partial charge in [0.05, 0.1) is 11.0 Å². The number of rotatable bonds is 9. The number of sulfone groups is 1. The van der Waals surface area contributed by atoms with Crippen LogP contribution in [-0.2, 0) is 14.6 Å². The Hall–Kier alpha value is -1.72. The Bertz CT molecular complexity index is 1470. The summed E-state index contributed by atoms with van der Waals surface area (Å²) in [6.07, 6.45) is 11.9. The summed E-state index contributed by atoms with van der Waals surface area (Å²) in [6, 6.07) is 12.8. The maximum absolute atomic E-state index is 13.1. The minimum atomic E-state index is -3.66. The van der Waals surface area contributed by atoms with E-state index in [4.69, 9.17) is 0 Å². The Balaban J connectivity index is 1.08. The maximum atomic E-state index is 13.1. The van der Waals surface area contributed by atoms with Gasteiger partial charge in [-0.25, -0.2) is 8.42 Å². The molecule has 2 aromatic rings. The largest absolute Gasteiger partial charge is 0.393 e. The summed E-state index contributed by atoms with van der Waals surface area (Å²) in [5.74, 6) is 4.03. The summed E-state index contributed by atoms with van der Waals surface area (Å²) in [6.45, 7) is 12.2. The first kappa shape index (κ1) is 32.2. The van der Waals surface area contributed by atoms with Gasteiger partial charge in [-0.15, -0.1) is 0 Å². The van der Waals surface area contributed by atoms with Crippen molar-refractivity contribution in [2.45, 2.75) is 116 Å². The molecule has 0 unspecified atom stereocenters. The summed E-state index contributed by atoms with van der Waals surface area (Å²) < 4.78 is 26.1. The third kappa shape index (κ3) is 5.50. The SMILES string of the molecule is CC[C@H]1[C@@H](O)[C@@H]2[C@H](CC[C@]3(C)[C@@H]([C@H](C)CCCC(=O)CS(=O)(=O)c4ccc5ccccc5c4)CC[C@@H]23)[C@@]2(C)CC[C@@H](C)C[C@@H]12. The van der Waals surface area contributed by atoms with Crippen LogP contribution in [0.4, 0.5) is 0 Å². The zero-order chi connectivity index (χ0) is 31.4. The first-order chi connectivity index (χ1) is 20.9. The van der Waals surface area contributed by atoms with Crippen LogP contribution in [0.5, 0.6) is 0 Å². The zero-order valence-electron chi connectivity index (χ0n) is 27.8. The lowest BCUT2D eigenvalue weighted by Gasteiger charge is -2.65. The monoisotopic (exact) mass is 620 g/mol. The second kappa shape index (κ2) is 12.1. The molecule has 4 fully saturated rings. The van der Waals surface area contributed by atoms with Gasteiger partial charge in [-0.05, 0) is 126 Å². The standard InChI is InChI=1S/C39H56O4S/c1-6-31-35-22-25(2)18-20-39(35,5)34-19-21-38(4)32(16-17-33(38)36(34)37(31)41)26(3)10-9-13-29(40)24-44(42,43)30-15-14-27-11-7-8-12-28(27)23-30/h7-8,11-12,14-15,23,25-26,31-37,41H,6,9-10,13,16-22,24H2,1-5H3/t25-,26-,31-,32-,33+,34+,35+,36+,37-,38-,39-/m1/s1. The van der Waals surface area contributed by atoms with E-state index in [0.29, 0.717) is 53.3 Å². The van der Waals surface area contributed by atoms with Crippen LogP contribution in [0.3, 0.4) is 0 Å². The van der Waals surface area contributed by atoms with E-state index in [1.807, 2.05) is 30.3 Å². The van der Waals surface area contributed by atoms with Crippen LogP contribution < -0.4 is 0 Å². The molecule has 11 atom stereocenters. The fourth-order valence-electron chi connectivity index (χ4n) is 11.7. The lowest BCUT2D eigenvalue weighted by atomic mass is 9.41. The van der Waals surface area contributed by atoms with Crippen LogP contribution >= 0.6 is 0 Å². The lowest BCUT2D eigenvalue weighted by Crippen LogP contribution is -2.61. The molecule has 2 aromatic carbocycles. The van der Waals surface area contributed by atoms with Crippen LogP contribution in [0.25, 0.3) is 10.8 Å². The molecule has 0 amide bonds. The number of benzene rings is 2. The van der Waals surface area contributed by atoms with Crippen molar-refractivity contribution in [1.29, 1.82) is 0 Å². The van der Waals surface area contributed by atoms with Crippen LogP contribution in [-0.4, -0.2) is 31.2 Å². The Morgan fingerprint density at radius 3 is 2.41 bits per heavy atom. The van der Waals surface area contributed by atoms with Gasteiger partial charge in [-0.3, -0.25) is 4.79 Å². The highest BCUT2D eigenvalue weighted by Gasteiger charge is 2.64. The van der Waals surface area contributed by atoms with Crippen molar-refractivity contribution < 1.29 is 18.3 Å². The minimum Gasteiger partial charge on any atom is -0.393 e. The summed E-state index contributed by atoms with van der Waals surface area (Å²) in [7, 11) is -3.66. The maximum Gasteiger partial charge on any atom is 0.185 e. The van der Waals surface area contributed by atoms with Gasteiger partial charge in [0, 0.05) is 6.42 Å². The van der Waals surface area contributed by atoms with Crippen molar-refractivity contribution in [2.75, 3.05) is 5.75 Å². The lowest BCUT2D eigenvalue weighted by molar-refractivity contribution is -0.198. The van der Waals surface area contributed by atoms with Crippen molar-refractivity contribution in [1.82, 2.24) is 0 Å². The van der Waals surface area contributed by atoms with E-state index < -0.39 is 15.6 Å². The number of Topliss-reactive ketones (excluding diaryl/α,β-unsaturated/α-hetero) is 1. The molecule has 44 heavy (non-hydrogen) atoms. The topological polar surface area (TPSA) is 71.4 Å². The highest BCUT2D eigenvalue weighted by Crippen LogP contribution is 2.69. The number of hydrogen-bond donors (Lipinski definition) is 1. The molecule has 5 heteroatoms.